The second kappa shape index (κ2) is 7.36. The van der Waals surface area contributed by atoms with E-state index in [0.29, 0.717) is 12.6 Å². The molecule has 2 rings (SSSR count). The monoisotopic (exact) mass is 347 g/mol. The van der Waals surface area contributed by atoms with Crippen LogP contribution in [0.2, 0.25) is 0 Å². The highest BCUT2D eigenvalue weighted by atomic mass is 79.9. The third-order valence-corrected chi connectivity index (χ3v) is 4.25. The minimum absolute atomic E-state index is 0.250. The number of hydrogen-bond acceptors (Lipinski definition) is 2. The van der Waals surface area contributed by atoms with Crippen molar-refractivity contribution in [2.24, 2.45) is 5.92 Å². The van der Waals surface area contributed by atoms with Crippen LogP contribution in [0.15, 0.2) is 22.7 Å². The Bertz CT molecular complexity index is 442. The summed E-state index contributed by atoms with van der Waals surface area (Å²) >= 11 is 3.37. The fourth-order valence-corrected chi connectivity index (χ4v) is 3.18. The Hall–Kier alpha value is -0.680. The van der Waals surface area contributed by atoms with Crippen molar-refractivity contribution in [3.63, 3.8) is 0 Å². The molecule has 0 bridgehead atoms. The Morgan fingerprint density at radius 2 is 2.20 bits per heavy atom. The number of nitrogens with one attached hydrogen (secondary N) is 1. The van der Waals surface area contributed by atoms with Crippen molar-refractivity contribution in [3.8, 4) is 5.75 Å². The normalized spacial score (nSPS) is 23.1. The second-order valence-corrected chi connectivity index (χ2v) is 6.40. The highest BCUT2D eigenvalue weighted by molar-refractivity contribution is 9.10. The molecule has 1 aromatic rings. The lowest BCUT2D eigenvalue weighted by atomic mass is 9.87. The van der Waals surface area contributed by atoms with E-state index in [1.165, 1.54) is 12.8 Å². The number of hydrogen-bond donors (Lipinski definition) is 1. The van der Waals surface area contributed by atoms with E-state index < -0.39 is 6.61 Å². The van der Waals surface area contributed by atoms with E-state index in [4.69, 9.17) is 0 Å². The molecule has 112 valence electrons. The van der Waals surface area contributed by atoms with Gasteiger partial charge in [0, 0.05) is 22.6 Å². The zero-order chi connectivity index (χ0) is 14.5. The van der Waals surface area contributed by atoms with Crippen LogP contribution in [0.1, 0.15) is 38.2 Å². The van der Waals surface area contributed by atoms with Crippen LogP contribution in [-0.4, -0.2) is 12.7 Å². The molecule has 0 amide bonds. The van der Waals surface area contributed by atoms with Gasteiger partial charge in [0.05, 0.1) is 0 Å². The summed E-state index contributed by atoms with van der Waals surface area (Å²) in [6.45, 7) is 0.0292. The first-order valence-electron chi connectivity index (χ1n) is 7.01. The number of ether oxygens (including phenoxy) is 1. The lowest BCUT2D eigenvalue weighted by molar-refractivity contribution is -0.0505. The van der Waals surface area contributed by atoms with E-state index in [1.54, 1.807) is 12.1 Å². The molecule has 1 aliphatic rings. The average molecular weight is 348 g/mol. The first kappa shape index (κ1) is 15.7. The summed E-state index contributed by atoms with van der Waals surface area (Å²) < 4.78 is 30.2. The molecule has 1 aromatic carbocycles. The molecule has 2 atom stereocenters. The average Bonchev–Trinajstić information content (AvgIpc) is 2.39. The molecule has 0 aliphatic heterocycles. The Kier molecular flexibility index (Phi) is 5.78. The Morgan fingerprint density at radius 3 is 2.90 bits per heavy atom. The van der Waals surface area contributed by atoms with Crippen LogP contribution in [0.4, 0.5) is 8.78 Å². The molecule has 0 spiro atoms. The van der Waals surface area contributed by atoms with Crippen molar-refractivity contribution in [3.05, 3.63) is 28.2 Å². The number of rotatable bonds is 5. The third kappa shape index (κ3) is 4.70. The number of benzene rings is 1. The summed E-state index contributed by atoms with van der Waals surface area (Å²) in [4.78, 5) is 0. The predicted octanol–water partition coefficient (Wildman–Crippen LogP) is 4.72. The topological polar surface area (TPSA) is 21.3 Å². The Labute approximate surface area is 127 Å². The molecule has 0 saturated heterocycles. The highest BCUT2D eigenvalue weighted by Crippen LogP contribution is 2.27. The van der Waals surface area contributed by atoms with Gasteiger partial charge in [-0.05, 0) is 37.0 Å². The molecule has 1 saturated carbocycles. The van der Waals surface area contributed by atoms with Crippen molar-refractivity contribution in [1.82, 2.24) is 5.32 Å². The maximum absolute atomic E-state index is 12.4. The summed E-state index contributed by atoms with van der Waals surface area (Å²) in [5.74, 6) is 0.986. The third-order valence-electron chi connectivity index (χ3n) is 3.76. The summed E-state index contributed by atoms with van der Waals surface area (Å²) in [7, 11) is 0. The zero-order valence-corrected chi connectivity index (χ0v) is 13.1. The van der Waals surface area contributed by atoms with Crippen LogP contribution in [0.3, 0.4) is 0 Å². The molecular weight excluding hydrogens is 328 g/mol. The minimum atomic E-state index is -2.79. The number of alkyl halides is 2. The summed E-state index contributed by atoms with van der Waals surface area (Å²) in [5.41, 5.74) is 0.762. The van der Waals surface area contributed by atoms with E-state index in [2.05, 4.69) is 32.9 Å². The predicted molar refractivity (Wildman–Crippen MR) is 79.0 cm³/mol. The zero-order valence-electron chi connectivity index (χ0n) is 11.5. The van der Waals surface area contributed by atoms with Gasteiger partial charge in [0.1, 0.15) is 5.75 Å². The Morgan fingerprint density at radius 1 is 1.40 bits per heavy atom. The SMILES string of the molecule is CC1CCCC(NCc2cc(Br)ccc2OC(F)F)C1. The van der Waals surface area contributed by atoms with Gasteiger partial charge in [-0.15, -0.1) is 0 Å². The van der Waals surface area contributed by atoms with Crippen LogP contribution < -0.4 is 10.1 Å². The quantitative estimate of drug-likeness (QED) is 0.832. The molecule has 1 N–H and O–H groups in total. The first-order chi connectivity index (χ1) is 9.54. The first-order valence-corrected chi connectivity index (χ1v) is 7.80. The van der Waals surface area contributed by atoms with Gasteiger partial charge in [0.2, 0.25) is 0 Å². The molecule has 0 aromatic heterocycles. The van der Waals surface area contributed by atoms with Crippen molar-refractivity contribution in [2.75, 3.05) is 0 Å². The lowest BCUT2D eigenvalue weighted by Crippen LogP contribution is -2.33. The van der Waals surface area contributed by atoms with Gasteiger partial charge in [0.15, 0.2) is 0 Å². The smallest absolute Gasteiger partial charge is 0.387 e. The van der Waals surface area contributed by atoms with Crippen molar-refractivity contribution in [2.45, 2.75) is 51.8 Å². The van der Waals surface area contributed by atoms with Crippen molar-refractivity contribution >= 4 is 15.9 Å². The maximum Gasteiger partial charge on any atom is 0.387 e. The van der Waals surface area contributed by atoms with Crippen LogP contribution >= 0.6 is 15.9 Å². The summed E-state index contributed by atoms with van der Waals surface area (Å²) in [6.07, 6.45) is 4.83. The van der Waals surface area contributed by atoms with Gasteiger partial charge in [-0.3, -0.25) is 0 Å². The number of halogens is 3. The summed E-state index contributed by atoms with van der Waals surface area (Å²) in [6, 6.07) is 5.59. The lowest BCUT2D eigenvalue weighted by Gasteiger charge is -2.28. The minimum Gasteiger partial charge on any atom is -0.434 e. The van der Waals surface area contributed by atoms with Gasteiger partial charge in [-0.2, -0.15) is 8.78 Å². The molecule has 20 heavy (non-hydrogen) atoms. The van der Waals surface area contributed by atoms with E-state index >= 15 is 0 Å². The van der Waals surface area contributed by atoms with Gasteiger partial charge >= 0.3 is 6.61 Å². The van der Waals surface area contributed by atoms with Crippen LogP contribution in [0.25, 0.3) is 0 Å². The molecule has 1 aliphatic carbocycles. The van der Waals surface area contributed by atoms with Crippen LogP contribution in [0.5, 0.6) is 5.75 Å². The fraction of sp³-hybridized carbons (Fsp3) is 0.600. The van der Waals surface area contributed by atoms with Gasteiger partial charge in [-0.25, -0.2) is 0 Å². The van der Waals surface area contributed by atoms with E-state index in [9.17, 15) is 8.78 Å². The standard InChI is InChI=1S/C15H20BrF2NO/c1-10-3-2-4-13(7-10)19-9-11-8-12(16)5-6-14(11)20-15(17)18/h5-6,8,10,13,15,19H,2-4,7,9H2,1H3. The largest absolute Gasteiger partial charge is 0.434 e. The molecule has 1 fully saturated rings. The van der Waals surface area contributed by atoms with Crippen molar-refractivity contribution in [1.29, 1.82) is 0 Å². The molecule has 2 unspecified atom stereocenters. The molecular formula is C15H20BrF2NO. The van der Waals surface area contributed by atoms with Crippen LogP contribution in [0, 0.1) is 5.92 Å². The second-order valence-electron chi connectivity index (χ2n) is 5.48. The molecule has 2 nitrogen and oxygen atoms in total. The van der Waals surface area contributed by atoms with Gasteiger partial charge < -0.3 is 10.1 Å². The maximum atomic E-state index is 12.4. The van der Waals surface area contributed by atoms with E-state index in [0.717, 1.165) is 28.8 Å². The summed E-state index contributed by atoms with van der Waals surface area (Å²) in [5, 5.41) is 3.46. The van der Waals surface area contributed by atoms with E-state index in [-0.39, 0.29) is 5.75 Å². The molecule has 5 heteroatoms. The molecule has 0 radical (unpaired) electrons. The van der Waals surface area contributed by atoms with Crippen molar-refractivity contribution < 1.29 is 13.5 Å². The Balaban J connectivity index is 1.98. The van der Waals surface area contributed by atoms with Gasteiger partial charge in [-0.1, -0.05) is 35.7 Å². The molecule has 0 heterocycles. The highest BCUT2D eigenvalue weighted by Gasteiger charge is 2.19. The van der Waals surface area contributed by atoms with Crippen LogP contribution in [-0.2, 0) is 6.54 Å². The van der Waals surface area contributed by atoms with E-state index in [1.807, 2.05) is 6.07 Å². The van der Waals surface area contributed by atoms with Gasteiger partial charge in [0.25, 0.3) is 0 Å². The fourth-order valence-electron chi connectivity index (χ4n) is 2.77.